The third-order valence-corrected chi connectivity index (χ3v) is 3.09. The predicted octanol–water partition coefficient (Wildman–Crippen LogP) is 3.66. The third-order valence-electron chi connectivity index (χ3n) is 2.84. The summed E-state index contributed by atoms with van der Waals surface area (Å²) in [5.74, 6) is 1.02. The van der Waals surface area contributed by atoms with Crippen LogP contribution in [0.1, 0.15) is 19.4 Å². The summed E-state index contributed by atoms with van der Waals surface area (Å²) >= 11 is 5.77. The topological polar surface area (TPSA) is 59.9 Å². The first-order chi connectivity index (χ1) is 11.5. The fourth-order valence-corrected chi connectivity index (χ4v) is 1.92. The van der Waals surface area contributed by atoms with Crippen LogP contribution in [0.3, 0.4) is 0 Å². The summed E-state index contributed by atoms with van der Waals surface area (Å²) in [6.07, 6.45) is 1.68. The van der Waals surface area contributed by atoms with Crippen LogP contribution in [0.4, 0.5) is 0 Å². The van der Waals surface area contributed by atoms with E-state index >= 15 is 0 Å². The van der Waals surface area contributed by atoms with Crippen molar-refractivity contribution in [2.24, 2.45) is 5.10 Å². The Balaban J connectivity index is 1.76. The first-order valence-corrected chi connectivity index (χ1v) is 7.88. The van der Waals surface area contributed by atoms with E-state index in [0.29, 0.717) is 10.8 Å². The largest absolute Gasteiger partial charge is 0.491 e. The van der Waals surface area contributed by atoms with Crippen molar-refractivity contribution in [3.63, 3.8) is 0 Å². The van der Waals surface area contributed by atoms with E-state index in [9.17, 15) is 4.79 Å². The second kappa shape index (κ2) is 8.93. The van der Waals surface area contributed by atoms with Crippen LogP contribution in [0.25, 0.3) is 0 Å². The van der Waals surface area contributed by atoms with Gasteiger partial charge in [0.05, 0.1) is 12.3 Å². The molecule has 0 heterocycles. The maximum atomic E-state index is 11.7. The molecule has 0 radical (unpaired) electrons. The second-order valence-corrected chi connectivity index (χ2v) is 5.71. The number of halogens is 1. The van der Waals surface area contributed by atoms with Crippen LogP contribution in [0.15, 0.2) is 53.6 Å². The molecule has 0 aromatic heterocycles. The molecule has 1 amide bonds. The number of ether oxygens (including phenoxy) is 2. The summed E-state index contributed by atoms with van der Waals surface area (Å²) in [5.41, 5.74) is 3.26. The fraction of sp³-hybridized carbons (Fsp3) is 0.222. The highest BCUT2D eigenvalue weighted by Gasteiger charge is 2.01. The molecule has 0 saturated carbocycles. The number of benzene rings is 2. The number of amides is 1. The minimum absolute atomic E-state index is 0.125. The van der Waals surface area contributed by atoms with Gasteiger partial charge in [-0.15, -0.1) is 0 Å². The summed E-state index contributed by atoms with van der Waals surface area (Å²) in [5, 5.41) is 4.50. The molecule has 0 fully saturated rings. The number of carbonyl (C=O) groups is 1. The summed E-state index contributed by atoms with van der Waals surface area (Å²) in [7, 11) is 0. The van der Waals surface area contributed by atoms with Crippen LogP contribution in [-0.2, 0) is 4.79 Å². The van der Waals surface area contributed by atoms with E-state index in [-0.39, 0.29) is 18.6 Å². The molecule has 0 saturated heterocycles. The van der Waals surface area contributed by atoms with Crippen molar-refractivity contribution in [3.05, 3.63) is 59.1 Å². The number of nitrogens with one attached hydrogen (secondary N) is 1. The number of rotatable bonds is 7. The van der Waals surface area contributed by atoms with Gasteiger partial charge in [-0.2, -0.15) is 5.10 Å². The Morgan fingerprint density at radius 1 is 1.12 bits per heavy atom. The van der Waals surface area contributed by atoms with Gasteiger partial charge in [-0.25, -0.2) is 5.43 Å². The molecule has 2 aromatic rings. The summed E-state index contributed by atoms with van der Waals surface area (Å²) in [6, 6.07) is 14.2. The van der Waals surface area contributed by atoms with Crippen LogP contribution in [0.5, 0.6) is 11.5 Å². The van der Waals surface area contributed by atoms with Crippen molar-refractivity contribution in [1.82, 2.24) is 5.43 Å². The number of hydrogen-bond acceptors (Lipinski definition) is 4. The monoisotopic (exact) mass is 346 g/mol. The van der Waals surface area contributed by atoms with Gasteiger partial charge < -0.3 is 9.47 Å². The minimum Gasteiger partial charge on any atom is -0.491 e. The average Bonchev–Trinajstić information content (AvgIpc) is 2.55. The van der Waals surface area contributed by atoms with E-state index in [1.807, 2.05) is 38.1 Å². The lowest BCUT2D eigenvalue weighted by Gasteiger charge is -2.09. The van der Waals surface area contributed by atoms with E-state index in [1.165, 1.54) is 0 Å². The highest BCUT2D eigenvalue weighted by Crippen LogP contribution is 2.15. The zero-order chi connectivity index (χ0) is 17.4. The molecule has 0 aliphatic heterocycles. The summed E-state index contributed by atoms with van der Waals surface area (Å²) in [6.45, 7) is 3.81. The SMILES string of the molecule is CC(C)Oc1ccc(/C=N/NC(=O)COc2ccc(Cl)cc2)cc1. The van der Waals surface area contributed by atoms with Crippen LogP contribution in [-0.4, -0.2) is 24.8 Å². The zero-order valence-electron chi connectivity index (χ0n) is 13.5. The van der Waals surface area contributed by atoms with Gasteiger partial charge in [-0.3, -0.25) is 4.79 Å². The lowest BCUT2D eigenvalue weighted by Crippen LogP contribution is -2.24. The molecule has 2 aromatic carbocycles. The number of carbonyl (C=O) groups excluding carboxylic acids is 1. The van der Waals surface area contributed by atoms with Crippen LogP contribution < -0.4 is 14.9 Å². The first-order valence-electron chi connectivity index (χ1n) is 7.50. The van der Waals surface area contributed by atoms with Crippen molar-refractivity contribution in [2.75, 3.05) is 6.61 Å². The van der Waals surface area contributed by atoms with Gasteiger partial charge in [0.25, 0.3) is 5.91 Å². The Morgan fingerprint density at radius 3 is 2.38 bits per heavy atom. The molecule has 0 bridgehead atoms. The maximum absolute atomic E-state index is 11.7. The highest BCUT2D eigenvalue weighted by atomic mass is 35.5. The number of hydrazone groups is 1. The van der Waals surface area contributed by atoms with Crippen molar-refractivity contribution in [3.8, 4) is 11.5 Å². The molecule has 2 rings (SSSR count). The Bertz CT molecular complexity index is 682. The maximum Gasteiger partial charge on any atom is 0.277 e. The zero-order valence-corrected chi connectivity index (χ0v) is 14.3. The Kier molecular flexibility index (Phi) is 6.63. The van der Waals surface area contributed by atoms with Gasteiger partial charge in [-0.1, -0.05) is 11.6 Å². The van der Waals surface area contributed by atoms with Crippen LogP contribution in [0, 0.1) is 0 Å². The molecular weight excluding hydrogens is 328 g/mol. The molecule has 0 unspecified atom stereocenters. The molecule has 1 N–H and O–H groups in total. The minimum atomic E-state index is -0.346. The van der Waals surface area contributed by atoms with E-state index in [4.69, 9.17) is 21.1 Å². The van der Waals surface area contributed by atoms with Crippen LogP contribution >= 0.6 is 11.6 Å². The van der Waals surface area contributed by atoms with Gasteiger partial charge in [0.15, 0.2) is 6.61 Å². The normalized spacial score (nSPS) is 10.8. The van der Waals surface area contributed by atoms with E-state index in [1.54, 1.807) is 30.5 Å². The van der Waals surface area contributed by atoms with Crippen molar-refractivity contribution in [1.29, 1.82) is 0 Å². The Hall–Kier alpha value is -2.53. The van der Waals surface area contributed by atoms with Gasteiger partial charge in [0.2, 0.25) is 0 Å². The molecule has 126 valence electrons. The quantitative estimate of drug-likeness (QED) is 0.615. The summed E-state index contributed by atoms with van der Waals surface area (Å²) < 4.78 is 10.9. The van der Waals surface area contributed by atoms with Crippen LogP contribution in [0.2, 0.25) is 5.02 Å². The van der Waals surface area contributed by atoms with E-state index < -0.39 is 0 Å². The molecule has 0 aliphatic carbocycles. The van der Waals surface area contributed by atoms with Crippen molar-refractivity contribution < 1.29 is 14.3 Å². The number of hydrogen-bond donors (Lipinski definition) is 1. The molecular formula is C18H19ClN2O3. The van der Waals surface area contributed by atoms with Gasteiger partial charge in [0, 0.05) is 5.02 Å². The molecule has 24 heavy (non-hydrogen) atoms. The van der Waals surface area contributed by atoms with Gasteiger partial charge in [0.1, 0.15) is 11.5 Å². The van der Waals surface area contributed by atoms with Crippen molar-refractivity contribution in [2.45, 2.75) is 20.0 Å². The van der Waals surface area contributed by atoms with Gasteiger partial charge in [-0.05, 0) is 67.9 Å². The lowest BCUT2D eigenvalue weighted by atomic mass is 10.2. The highest BCUT2D eigenvalue weighted by molar-refractivity contribution is 6.30. The fourth-order valence-electron chi connectivity index (χ4n) is 1.80. The molecule has 5 nitrogen and oxygen atoms in total. The summed E-state index contributed by atoms with van der Waals surface area (Å²) in [4.78, 5) is 11.7. The standard InChI is InChI=1S/C18H19ClN2O3/c1-13(2)24-17-7-3-14(4-8-17)11-20-21-18(22)12-23-16-9-5-15(19)6-10-16/h3-11,13H,12H2,1-2H3,(H,21,22)/b20-11+. The second-order valence-electron chi connectivity index (χ2n) is 5.27. The van der Waals surface area contributed by atoms with E-state index in [2.05, 4.69) is 10.5 Å². The molecule has 0 atom stereocenters. The average molecular weight is 347 g/mol. The third kappa shape index (κ3) is 6.30. The molecule has 0 aliphatic rings. The van der Waals surface area contributed by atoms with Gasteiger partial charge >= 0.3 is 0 Å². The molecule has 0 spiro atoms. The number of nitrogens with zero attached hydrogens (tertiary/aromatic N) is 1. The predicted molar refractivity (Wildman–Crippen MR) is 94.9 cm³/mol. The Morgan fingerprint density at radius 2 is 1.75 bits per heavy atom. The smallest absolute Gasteiger partial charge is 0.277 e. The lowest BCUT2D eigenvalue weighted by molar-refractivity contribution is -0.123. The van der Waals surface area contributed by atoms with Crippen molar-refractivity contribution >= 4 is 23.7 Å². The Labute approximate surface area is 146 Å². The molecule has 6 heteroatoms. The first kappa shape index (κ1) is 17.8. The van der Waals surface area contributed by atoms with E-state index in [0.717, 1.165) is 11.3 Å².